The number of nitrogens with one attached hydrogen (secondary N) is 1. The third-order valence-corrected chi connectivity index (χ3v) is 2.72. The van der Waals surface area contributed by atoms with Gasteiger partial charge in [0.1, 0.15) is 12.4 Å². The van der Waals surface area contributed by atoms with E-state index in [4.69, 9.17) is 16.3 Å². The van der Waals surface area contributed by atoms with Gasteiger partial charge in [0.05, 0.1) is 5.02 Å². The molecular formula is C13H20ClNO. The summed E-state index contributed by atoms with van der Waals surface area (Å²) < 4.78 is 5.71. The molecule has 0 bridgehead atoms. The first-order chi connectivity index (χ1) is 7.77. The Morgan fingerprint density at radius 1 is 1.31 bits per heavy atom. The first kappa shape index (κ1) is 13.3. The molecule has 0 aliphatic heterocycles. The first-order valence-corrected chi connectivity index (χ1v) is 6.26. The second kappa shape index (κ2) is 7.53. The molecule has 0 saturated carbocycles. The Morgan fingerprint density at radius 3 is 2.69 bits per heavy atom. The Kier molecular flexibility index (Phi) is 6.27. The number of ether oxygens (including phenoxy) is 1. The van der Waals surface area contributed by atoms with E-state index in [1.165, 1.54) is 0 Å². The maximum Gasteiger partial charge on any atom is 0.137 e. The van der Waals surface area contributed by atoms with Gasteiger partial charge in [-0.3, -0.25) is 0 Å². The van der Waals surface area contributed by atoms with E-state index < -0.39 is 0 Å². The molecule has 0 aromatic heterocycles. The van der Waals surface area contributed by atoms with Crippen LogP contribution in [0.4, 0.5) is 0 Å². The number of rotatable bonds is 7. The fourth-order valence-electron chi connectivity index (χ4n) is 1.63. The van der Waals surface area contributed by atoms with Crippen molar-refractivity contribution in [1.82, 2.24) is 5.32 Å². The van der Waals surface area contributed by atoms with Gasteiger partial charge >= 0.3 is 0 Å². The molecule has 2 nitrogen and oxygen atoms in total. The topological polar surface area (TPSA) is 21.3 Å². The van der Waals surface area contributed by atoms with Crippen molar-refractivity contribution in [2.24, 2.45) is 0 Å². The Bertz CT molecular complexity index is 298. The number of hydrogen-bond acceptors (Lipinski definition) is 2. The van der Waals surface area contributed by atoms with E-state index in [2.05, 4.69) is 19.2 Å². The summed E-state index contributed by atoms with van der Waals surface area (Å²) in [5.74, 6) is 0.767. The number of hydrogen-bond donors (Lipinski definition) is 1. The minimum absolute atomic E-state index is 0.409. The smallest absolute Gasteiger partial charge is 0.137 e. The van der Waals surface area contributed by atoms with Gasteiger partial charge in [-0.15, -0.1) is 0 Å². The van der Waals surface area contributed by atoms with E-state index in [-0.39, 0.29) is 0 Å². The molecule has 1 aromatic rings. The SMILES string of the molecule is CCCC(COc1ccccc1Cl)NCC. The monoisotopic (exact) mass is 241 g/mol. The van der Waals surface area contributed by atoms with Gasteiger partial charge in [-0.2, -0.15) is 0 Å². The fraction of sp³-hybridized carbons (Fsp3) is 0.538. The average molecular weight is 242 g/mol. The predicted molar refractivity (Wildman–Crippen MR) is 69.3 cm³/mol. The molecule has 0 amide bonds. The van der Waals surface area contributed by atoms with Crippen LogP contribution in [0.2, 0.25) is 5.02 Å². The second-order valence-electron chi connectivity index (χ2n) is 3.78. The molecule has 1 unspecified atom stereocenters. The molecule has 1 atom stereocenters. The van der Waals surface area contributed by atoms with Crippen LogP contribution in [-0.2, 0) is 0 Å². The van der Waals surface area contributed by atoms with Gasteiger partial charge in [0, 0.05) is 6.04 Å². The summed E-state index contributed by atoms with van der Waals surface area (Å²) in [6.07, 6.45) is 2.28. The molecule has 0 aliphatic carbocycles. The van der Waals surface area contributed by atoms with Gasteiger partial charge in [-0.05, 0) is 25.1 Å². The van der Waals surface area contributed by atoms with Gasteiger partial charge in [0.15, 0.2) is 0 Å². The lowest BCUT2D eigenvalue weighted by Gasteiger charge is -2.18. The number of likely N-dealkylation sites (N-methyl/N-ethyl adjacent to an activating group) is 1. The Morgan fingerprint density at radius 2 is 2.06 bits per heavy atom. The molecule has 0 spiro atoms. The van der Waals surface area contributed by atoms with Crippen molar-refractivity contribution in [2.75, 3.05) is 13.2 Å². The van der Waals surface area contributed by atoms with Crippen LogP contribution in [0.5, 0.6) is 5.75 Å². The van der Waals surface area contributed by atoms with Crippen LogP contribution in [0.1, 0.15) is 26.7 Å². The number of para-hydroxylation sites is 1. The van der Waals surface area contributed by atoms with Crippen molar-refractivity contribution in [3.63, 3.8) is 0 Å². The lowest BCUT2D eigenvalue weighted by Crippen LogP contribution is -2.34. The molecule has 1 N–H and O–H groups in total. The van der Waals surface area contributed by atoms with E-state index >= 15 is 0 Å². The summed E-state index contributed by atoms with van der Waals surface area (Å²) in [5, 5.41) is 4.08. The molecule has 0 heterocycles. The summed E-state index contributed by atoms with van der Waals surface area (Å²) in [5.41, 5.74) is 0. The molecule has 0 radical (unpaired) electrons. The molecule has 0 fully saturated rings. The van der Waals surface area contributed by atoms with Gasteiger partial charge in [0.25, 0.3) is 0 Å². The fourth-order valence-corrected chi connectivity index (χ4v) is 1.82. The van der Waals surface area contributed by atoms with Crippen molar-refractivity contribution >= 4 is 11.6 Å². The summed E-state index contributed by atoms with van der Waals surface area (Å²) in [6.45, 7) is 5.93. The third kappa shape index (κ3) is 4.42. The molecule has 0 aliphatic rings. The van der Waals surface area contributed by atoms with Gasteiger partial charge in [0.2, 0.25) is 0 Å². The van der Waals surface area contributed by atoms with Crippen molar-refractivity contribution in [1.29, 1.82) is 0 Å². The third-order valence-electron chi connectivity index (χ3n) is 2.41. The van der Waals surface area contributed by atoms with Crippen molar-refractivity contribution < 1.29 is 4.74 Å². The van der Waals surface area contributed by atoms with E-state index in [0.717, 1.165) is 25.1 Å². The van der Waals surface area contributed by atoms with E-state index in [1.807, 2.05) is 24.3 Å². The van der Waals surface area contributed by atoms with Gasteiger partial charge in [-0.25, -0.2) is 0 Å². The number of halogens is 1. The number of benzene rings is 1. The quantitative estimate of drug-likeness (QED) is 0.789. The zero-order chi connectivity index (χ0) is 11.8. The van der Waals surface area contributed by atoms with Crippen LogP contribution >= 0.6 is 11.6 Å². The van der Waals surface area contributed by atoms with Crippen LogP contribution in [0.3, 0.4) is 0 Å². The summed E-state index contributed by atoms with van der Waals surface area (Å²) in [7, 11) is 0. The van der Waals surface area contributed by atoms with Crippen molar-refractivity contribution in [2.45, 2.75) is 32.7 Å². The zero-order valence-corrected chi connectivity index (χ0v) is 10.8. The lowest BCUT2D eigenvalue weighted by molar-refractivity contribution is 0.258. The molecule has 16 heavy (non-hydrogen) atoms. The molecule has 1 aromatic carbocycles. The Hall–Kier alpha value is -0.730. The molecule has 1 rings (SSSR count). The summed E-state index contributed by atoms with van der Waals surface area (Å²) in [6, 6.07) is 7.99. The summed E-state index contributed by atoms with van der Waals surface area (Å²) >= 11 is 6.02. The van der Waals surface area contributed by atoms with Crippen LogP contribution in [0.15, 0.2) is 24.3 Å². The van der Waals surface area contributed by atoms with Crippen LogP contribution in [0, 0.1) is 0 Å². The Balaban J connectivity index is 2.45. The van der Waals surface area contributed by atoms with E-state index in [0.29, 0.717) is 17.7 Å². The normalized spacial score (nSPS) is 12.4. The minimum atomic E-state index is 0.409. The average Bonchev–Trinajstić information content (AvgIpc) is 2.28. The zero-order valence-electron chi connectivity index (χ0n) is 10.0. The van der Waals surface area contributed by atoms with E-state index in [1.54, 1.807) is 0 Å². The molecule has 90 valence electrons. The highest BCUT2D eigenvalue weighted by Crippen LogP contribution is 2.23. The van der Waals surface area contributed by atoms with Gasteiger partial charge < -0.3 is 10.1 Å². The lowest BCUT2D eigenvalue weighted by atomic mass is 10.2. The highest BCUT2D eigenvalue weighted by Gasteiger charge is 2.08. The van der Waals surface area contributed by atoms with Crippen molar-refractivity contribution in [3.8, 4) is 5.75 Å². The molecule has 0 saturated heterocycles. The van der Waals surface area contributed by atoms with E-state index in [9.17, 15) is 0 Å². The van der Waals surface area contributed by atoms with Crippen molar-refractivity contribution in [3.05, 3.63) is 29.3 Å². The van der Waals surface area contributed by atoms with Crippen LogP contribution in [0.25, 0.3) is 0 Å². The maximum atomic E-state index is 6.02. The molecule has 3 heteroatoms. The largest absolute Gasteiger partial charge is 0.490 e. The first-order valence-electron chi connectivity index (χ1n) is 5.88. The standard InChI is InChI=1S/C13H20ClNO/c1-3-7-11(15-4-2)10-16-13-9-6-5-8-12(13)14/h5-6,8-9,11,15H,3-4,7,10H2,1-2H3. The minimum Gasteiger partial charge on any atom is -0.490 e. The predicted octanol–water partition coefficient (Wildman–Crippen LogP) is 3.50. The highest BCUT2D eigenvalue weighted by molar-refractivity contribution is 6.32. The highest BCUT2D eigenvalue weighted by atomic mass is 35.5. The summed E-state index contributed by atoms with van der Waals surface area (Å²) in [4.78, 5) is 0. The van der Waals surface area contributed by atoms with Crippen LogP contribution in [-0.4, -0.2) is 19.2 Å². The van der Waals surface area contributed by atoms with Crippen LogP contribution < -0.4 is 10.1 Å². The molecular weight excluding hydrogens is 222 g/mol. The Labute approximate surface area is 103 Å². The van der Waals surface area contributed by atoms with Gasteiger partial charge in [-0.1, -0.05) is 44.0 Å². The second-order valence-corrected chi connectivity index (χ2v) is 4.19. The maximum absolute atomic E-state index is 6.02.